The van der Waals surface area contributed by atoms with Crippen molar-refractivity contribution in [1.29, 1.82) is 5.26 Å². The van der Waals surface area contributed by atoms with E-state index in [0.717, 1.165) is 12.4 Å². The molecule has 1 heterocycles. The second kappa shape index (κ2) is 5.52. The van der Waals surface area contributed by atoms with Crippen molar-refractivity contribution in [3.63, 3.8) is 0 Å². The Morgan fingerprint density at radius 3 is 2.60 bits per heavy atom. The van der Waals surface area contributed by atoms with Crippen LogP contribution in [-0.2, 0) is 6.54 Å². The third kappa shape index (κ3) is 2.76. The Morgan fingerprint density at radius 2 is 1.95 bits per heavy atom. The van der Waals surface area contributed by atoms with Gasteiger partial charge in [0.2, 0.25) is 0 Å². The summed E-state index contributed by atoms with van der Waals surface area (Å²) in [7, 11) is 0. The average molecular weight is 284 g/mol. The van der Waals surface area contributed by atoms with Gasteiger partial charge in [-0.3, -0.25) is 0 Å². The quantitative estimate of drug-likeness (QED) is 0.857. The SMILES string of the molecule is N#Cc1nc(N(Cc2ccccc2)C2CC2)ccc1Cl. The van der Waals surface area contributed by atoms with Gasteiger partial charge in [-0.05, 0) is 30.5 Å². The van der Waals surface area contributed by atoms with E-state index in [1.54, 1.807) is 6.07 Å². The highest BCUT2D eigenvalue weighted by molar-refractivity contribution is 6.31. The maximum Gasteiger partial charge on any atom is 0.161 e. The maximum atomic E-state index is 9.05. The lowest BCUT2D eigenvalue weighted by Crippen LogP contribution is -2.26. The fourth-order valence-corrected chi connectivity index (χ4v) is 2.38. The van der Waals surface area contributed by atoms with Crippen LogP contribution in [0.25, 0.3) is 0 Å². The minimum Gasteiger partial charge on any atom is -0.349 e. The van der Waals surface area contributed by atoms with E-state index in [9.17, 15) is 0 Å². The van der Waals surface area contributed by atoms with Crippen molar-refractivity contribution in [2.24, 2.45) is 0 Å². The van der Waals surface area contributed by atoms with Gasteiger partial charge in [0.05, 0.1) is 5.02 Å². The molecule has 1 fully saturated rings. The first kappa shape index (κ1) is 13.0. The Labute approximate surface area is 123 Å². The number of anilines is 1. The lowest BCUT2D eigenvalue weighted by molar-refractivity contribution is 0.777. The molecule has 0 aliphatic heterocycles. The molecular weight excluding hydrogens is 270 g/mol. The van der Waals surface area contributed by atoms with Gasteiger partial charge in [0.15, 0.2) is 5.69 Å². The summed E-state index contributed by atoms with van der Waals surface area (Å²) >= 11 is 5.95. The zero-order chi connectivity index (χ0) is 13.9. The van der Waals surface area contributed by atoms with Crippen LogP contribution in [-0.4, -0.2) is 11.0 Å². The van der Waals surface area contributed by atoms with Crippen LogP contribution in [0.2, 0.25) is 5.02 Å². The fourth-order valence-electron chi connectivity index (χ4n) is 2.23. The fraction of sp³-hybridized carbons (Fsp3) is 0.250. The number of nitriles is 1. The topological polar surface area (TPSA) is 39.9 Å². The van der Waals surface area contributed by atoms with Gasteiger partial charge < -0.3 is 4.90 Å². The number of hydrogen-bond donors (Lipinski definition) is 0. The smallest absolute Gasteiger partial charge is 0.161 e. The van der Waals surface area contributed by atoms with Crippen LogP contribution in [0.3, 0.4) is 0 Å². The van der Waals surface area contributed by atoms with E-state index in [0.29, 0.717) is 16.8 Å². The summed E-state index contributed by atoms with van der Waals surface area (Å²) in [5.41, 5.74) is 1.54. The first-order valence-corrected chi connectivity index (χ1v) is 7.03. The zero-order valence-corrected chi connectivity index (χ0v) is 11.7. The third-order valence-corrected chi connectivity index (χ3v) is 3.72. The van der Waals surface area contributed by atoms with Crippen molar-refractivity contribution in [2.45, 2.75) is 25.4 Å². The normalized spacial score (nSPS) is 13.8. The molecule has 0 spiro atoms. The molecule has 1 aromatic carbocycles. The number of rotatable bonds is 4. The number of benzene rings is 1. The lowest BCUT2D eigenvalue weighted by atomic mass is 10.2. The van der Waals surface area contributed by atoms with Gasteiger partial charge in [0, 0.05) is 12.6 Å². The van der Waals surface area contributed by atoms with E-state index in [1.165, 1.54) is 18.4 Å². The van der Waals surface area contributed by atoms with Gasteiger partial charge in [-0.25, -0.2) is 4.98 Å². The number of pyridine rings is 1. The zero-order valence-electron chi connectivity index (χ0n) is 11.0. The molecule has 0 N–H and O–H groups in total. The molecule has 4 heteroatoms. The molecule has 0 saturated heterocycles. The number of halogens is 1. The molecule has 1 aliphatic carbocycles. The van der Waals surface area contributed by atoms with Crippen molar-refractivity contribution in [1.82, 2.24) is 4.98 Å². The summed E-state index contributed by atoms with van der Waals surface area (Å²) < 4.78 is 0. The van der Waals surface area contributed by atoms with E-state index in [1.807, 2.05) is 30.3 Å². The molecule has 0 bridgehead atoms. The average Bonchev–Trinajstić information content (AvgIpc) is 3.31. The molecule has 0 unspecified atom stereocenters. The Morgan fingerprint density at radius 1 is 1.20 bits per heavy atom. The minimum absolute atomic E-state index is 0.294. The second-order valence-corrected chi connectivity index (χ2v) is 5.36. The van der Waals surface area contributed by atoms with Gasteiger partial charge in [0.1, 0.15) is 11.9 Å². The molecule has 0 amide bonds. The summed E-state index contributed by atoms with van der Waals surface area (Å²) in [5, 5.41) is 9.46. The summed E-state index contributed by atoms with van der Waals surface area (Å²) in [5.74, 6) is 0.831. The number of nitrogens with zero attached hydrogens (tertiary/aromatic N) is 3. The van der Waals surface area contributed by atoms with Crippen LogP contribution in [0.4, 0.5) is 5.82 Å². The number of aromatic nitrogens is 1. The van der Waals surface area contributed by atoms with E-state index in [4.69, 9.17) is 16.9 Å². The Hall–Kier alpha value is -2.05. The first-order chi connectivity index (χ1) is 9.78. The van der Waals surface area contributed by atoms with E-state index in [-0.39, 0.29) is 0 Å². The second-order valence-electron chi connectivity index (χ2n) is 4.96. The van der Waals surface area contributed by atoms with Crippen molar-refractivity contribution < 1.29 is 0 Å². The van der Waals surface area contributed by atoms with Crippen LogP contribution in [0, 0.1) is 11.3 Å². The predicted molar refractivity (Wildman–Crippen MR) is 79.6 cm³/mol. The van der Waals surface area contributed by atoms with Crippen molar-refractivity contribution in [3.8, 4) is 6.07 Å². The summed E-state index contributed by atoms with van der Waals surface area (Å²) in [6.45, 7) is 0.811. The molecule has 1 saturated carbocycles. The minimum atomic E-state index is 0.294. The molecular formula is C16H14ClN3. The van der Waals surface area contributed by atoms with Crippen LogP contribution < -0.4 is 4.90 Å². The maximum absolute atomic E-state index is 9.05. The predicted octanol–water partition coefficient (Wildman–Crippen LogP) is 3.78. The number of hydrogen-bond acceptors (Lipinski definition) is 3. The van der Waals surface area contributed by atoms with Crippen LogP contribution in [0.1, 0.15) is 24.1 Å². The van der Waals surface area contributed by atoms with E-state index < -0.39 is 0 Å². The molecule has 1 aliphatic rings. The summed E-state index contributed by atoms with van der Waals surface area (Å²) in [4.78, 5) is 6.64. The van der Waals surface area contributed by atoms with Crippen molar-refractivity contribution >= 4 is 17.4 Å². The highest BCUT2D eigenvalue weighted by Crippen LogP contribution is 2.33. The molecule has 0 radical (unpaired) electrons. The van der Waals surface area contributed by atoms with E-state index >= 15 is 0 Å². The van der Waals surface area contributed by atoms with Gasteiger partial charge in [-0.2, -0.15) is 5.26 Å². The van der Waals surface area contributed by atoms with E-state index in [2.05, 4.69) is 22.0 Å². The Kier molecular flexibility index (Phi) is 3.58. The molecule has 0 atom stereocenters. The Balaban J connectivity index is 1.89. The van der Waals surface area contributed by atoms with Gasteiger partial charge in [0.25, 0.3) is 0 Å². The summed E-state index contributed by atoms with van der Waals surface area (Å²) in [6, 6.07) is 16.5. The molecule has 1 aromatic heterocycles. The largest absolute Gasteiger partial charge is 0.349 e. The molecule has 3 nitrogen and oxygen atoms in total. The van der Waals surface area contributed by atoms with Gasteiger partial charge in [-0.1, -0.05) is 41.9 Å². The molecule has 2 aromatic rings. The van der Waals surface area contributed by atoms with Crippen LogP contribution in [0.5, 0.6) is 0 Å². The molecule has 3 rings (SSSR count). The van der Waals surface area contributed by atoms with Crippen molar-refractivity contribution in [2.75, 3.05) is 4.90 Å². The highest BCUT2D eigenvalue weighted by Gasteiger charge is 2.30. The van der Waals surface area contributed by atoms with Crippen molar-refractivity contribution in [3.05, 3.63) is 58.7 Å². The first-order valence-electron chi connectivity index (χ1n) is 6.65. The standard InChI is InChI=1S/C16H14ClN3/c17-14-8-9-16(19-15(14)10-18)20(13-6-7-13)11-12-4-2-1-3-5-12/h1-5,8-9,13H,6-7,11H2. The van der Waals surface area contributed by atoms with Gasteiger partial charge >= 0.3 is 0 Å². The third-order valence-electron chi connectivity index (χ3n) is 3.41. The monoisotopic (exact) mass is 283 g/mol. The highest BCUT2D eigenvalue weighted by atomic mass is 35.5. The lowest BCUT2D eigenvalue weighted by Gasteiger charge is -2.24. The summed E-state index contributed by atoms with van der Waals surface area (Å²) in [6.07, 6.45) is 2.36. The van der Waals surface area contributed by atoms with Crippen LogP contribution in [0.15, 0.2) is 42.5 Å². The van der Waals surface area contributed by atoms with Crippen LogP contribution >= 0.6 is 11.6 Å². The molecule has 20 heavy (non-hydrogen) atoms. The molecule has 100 valence electrons. The van der Waals surface area contributed by atoms with Gasteiger partial charge in [-0.15, -0.1) is 0 Å². The Bertz CT molecular complexity index is 645.